The molecule has 117 heavy (non-hydrogen) atoms. The highest BCUT2D eigenvalue weighted by Crippen LogP contribution is 2.23. The summed E-state index contributed by atoms with van der Waals surface area (Å²) in [5.41, 5.74) is 0. The van der Waals surface area contributed by atoms with Gasteiger partial charge in [0.15, 0.2) is 0 Å². The molecule has 0 unspecified atom stereocenters. The summed E-state index contributed by atoms with van der Waals surface area (Å²) in [7, 11) is 0. The minimum atomic E-state index is -0.176. The van der Waals surface area contributed by atoms with Crippen molar-refractivity contribution >= 4 is 35.8 Å². The molecule has 16 heteroatoms. The summed E-state index contributed by atoms with van der Waals surface area (Å²) in [4.78, 5) is 84.9. The van der Waals surface area contributed by atoms with Gasteiger partial charge in [0.2, 0.25) is 0 Å². The molecule has 0 amide bonds. The molecule has 0 aliphatic heterocycles. The van der Waals surface area contributed by atoms with Gasteiger partial charge in [0.1, 0.15) is 25.4 Å². The predicted molar refractivity (Wildman–Crippen MR) is 491 cm³/mol. The van der Waals surface area contributed by atoms with Gasteiger partial charge < -0.3 is 38.4 Å². The molecule has 0 saturated carbocycles. The molecule has 0 saturated heterocycles. The first kappa shape index (κ1) is 114. The molecule has 0 spiro atoms. The molecule has 16 nitrogen and oxygen atoms in total. The SMILES string of the molecule is CCCCCCCCCCCOC(=O)CCCCCN(CCCCCCCC(=O)OC(CCCCCCCC)CCCCCCCC)CCOC(=O)CCCCN(CCCO)CCCCC(=O)OCCN(CCCCCCCC(=O)OC(CCCCCCCC)CCCCCCCC)CCCCCC(=O)OCCCCCCCCCCC. The molecule has 0 bridgehead atoms. The molecule has 0 fully saturated rings. The average Bonchev–Trinajstić information content (AvgIpc) is 0.986. The number of hydrogen-bond donors (Lipinski definition) is 1. The molecule has 0 heterocycles. The highest BCUT2D eigenvalue weighted by molar-refractivity contribution is 5.71. The summed E-state index contributed by atoms with van der Waals surface area (Å²) in [6, 6.07) is 0. The lowest BCUT2D eigenvalue weighted by Gasteiger charge is -2.23. The Morgan fingerprint density at radius 2 is 0.376 bits per heavy atom. The van der Waals surface area contributed by atoms with Crippen LogP contribution in [0.15, 0.2) is 0 Å². The Balaban J connectivity index is 5.30. The standard InChI is InChI=1S/C101H195N3O13/c1-7-13-19-25-31-33-35-47-67-90-112-96(106)74-57-49-63-82-103(80-61-45-37-43-55-78-100(110)116-94(70-51-39-27-21-15-9-3)71-52-40-28-22-16-10-4)87-92-114-98(108)76-59-65-84-102(86-69-89-105)85-66-60-77-99(109)115-93-88-104(83-64-50-58-75-97(107)113-91-68-48-36-34-32-26-20-14-8-2)81-62-46-38-44-56-79-101(111)117-95(72-53-41-29-23-17-11-5)73-54-42-30-24-18-12-6/h94-95,105H,7-93H2,1-6H3. The third-order valence-electron chi connectivity index (χ3n) is 23.7. The van der Waals surface area contributed by atoms with E-state index in [2.05, 4.69) is 56.2 Å². The van der Waals surface area contributed by atoms with Crippen molar-refractivity contribution in [2.24, 2.45) is 0 Å². The van der Waals surface area contributed by atoms with Gasteiger partial charge in [-0.25, -0.2) is 0 Å². The lowest BCUT2D eigenvalue weighted by molar-refractivity contribution is -0.151. The topological polar surface area (TPSA) is 188 Å². The van der Waals surface area contributed by atoms with Gasteiger partial charge in [-0.1, -0.05) is 324 Å². The van der Waals surface area contributed by atoms with E-state index in [9.17, 15) is 33.9 Å². The zero-order valence-electron chi connectivity index (χ0n) is 78.4. The van der Waals surface area contributed by atoms with E-state index in [1.54, 1.807) is 0 Å². The van der Waals surface area contributed by atoms with Gasteiger partial charge in [-0.2, -0.15) is 0 Å². The Hall–Kier alpha value is -3.34. The summed E-state index contributed by atoms with van der Waals surface area (Å²) in [6.45, 7) is 22.7. The van der Waals surface area contributed by atoms with E-state index in [1.165, 1.54) is 218 Å². The van der Waals surface area contributed by atoms with Crippen LogP contribution in [-0.2, 0) is 57.2 Å². The Morgan fingerprint density at radius 3 is 0.641 bits per heavy atom. The van der Waals surface area contributed by atoms with Crippen LogP contribution in [-0.4, -0.2) is 160 Å². The van der Waals surface area contributed by atoms with Crippen molar-refractivity contribution in [2.75, 3.05) is 91.9 Å². The van der Waals surface area contributed by atoms with Crippen molar-refractivity contribution in [3.8, 4) is 0 Å². The molecule has 1 N–H and O–H groups in total. The average molecular weight is 1660 g/mol. The van der Waals surface area contributed by atoms with Crippen LogP contribution in [0.4, 0.5) is 0 Å². The van der Waals surface area contributed by atoms with Gasteiger partial charge in [-0.15, -0.1) is 0 Å². The number of esters is 6. The van der Waals surface area contributed by atoms with Crippen LogP contribution in [0, 0.1) is 0 Å². The van der Waals surface area contributed by atoms with E-state index in [1.807, 2.05) is 0 Å². The van der Waals surface area contributed by atoms with Gasteiger partial charge >= 0.3 is 35.8 Å². The molecular formula is C101H195N3O13. The zero-order valence-corrected chi connectivity index (χ0v) is 78.4. The first-order chi connectivity index (χ1) is 57.4. The number of rotatable bonds is 97. The first-order valence-corrected chi connectivity index (χ1v) is 51.2. The lowest BCUT2D eigenvalue weighted by Crippen LogP contribution is -2.30. The minimum Gasteiger partial charge on any atom is -0.466 e. The number of carbonyl (C=O) groups is 6. The van der Waals surface area contributed by atoms with E-state index in [0.29, 0.717) is 97.3 Å². The van der Waals surface area contributed by atoms with Crippen molar-refractivity contribution < 1.29 is 62.3 Å². The van der Waals surface area contributed by atoms with E-state index in [-0.39, 0.29) is 54.6 Å². The van der Waals surface area contributed by atoms with Gasteiger partial charge in [0.25, 0.3) is 0 Å². The fourth-order valence-corrected chi connectivity index (χ4v) is 16.0. The number of aliphatic hydroxyl groups is 1. The highest BCUT2D eigenvalue weighted by atomic mass is 16.6. The van der Waals surface area contributed by atoms with E-state index < -0.39 is 0 Å². The zero-order chi connectivity index (χ0) is 85.1. The monoisotopic (exact) mass is 1660 g/mol. The van der Waals surface area contributed by atoms with Crippen molar-refractivity contribution in [3.05, 3.63) is 0 Å². The van der Waals surface area contributed by atoms with Crippen LogP contribution in [0.2, 0.25) is 0 Å². The molecule has 0 aliphatic rings. The summed E-state index contributed by atoms with van der Waals surface area (Å²) in [5, 5.41) is 9.77. The molecular weight excluding hydrogens is 1460 g/mol. The Morgan fingerprint density at radius 1 is 0.197 bits per heavy atom. The Kier molecular flexibility index (Phi) is 90.7. The maximum atomic E-state index is 13.2. The fraction of sp³-hybridized carbons (Fsp3) is 0.941. The summed E-state index contributed by atoms with van der Waals surface area (Å²) < 4.78 is 35.2. The number of nitrogens with zero attached hydrogens (tertiary/aromatic N) is 3. The Labute approximate surface area is 723 Å². The van der Waals surface area contributed by atoms with Gasteiger partial charge in [0.05, 0.1) is 13.2 Å². The summed E-state index contributed by atoms with van der Waals surface area (Å²) in [5.74, 6) is -0.584. The maximum absolute atomic E-state index is 13.2. The normalized spacial score (nSPS) is 11.7. The molecule has 0 aromatic carbocycles. The second-order valence-corrected chi connectivity index (χ2v) is 35.2. The van der Waals surface area contributed by atoms with E-state index >= 15 is 0 Å². The third-order valence-corrected chi connectivity index (χ3v) is 23.7. The number of carbonyl (C=O) groups excluding carboxylic acids is 6. The van der Waals surface area contributed by atoms with Gasteiger partial charge in [-0.3, -0.25) is 38.6 Å². The van der Waals surface area contributed by atoms with Crippen molar-refractivity contribution in [1.29, 1.82) is 0 Å². The Bertz CT molecular complexity index is 1950. The quantitative estimate of drug-likeness (QED) is 0.0344. The summed E-state index contributed by atoms with van der Waals surface area (Å²) in [6.07, 6.45) is 78.2. The van der Waals surface area contributed by atoms with E-state index in [0.717, 1.165) is 238 Å². The molecule has 692 valence electrons. The first-order valence-electron chi connectivity index (χ1n) is 51.2. The summed E-state index contributed by atoms with van der Waals surface area (Å²) >= 11 is 0. The molecule has 0 atom stereocenters. The van der Waals surface area contributed by atoms with Crippen molar-refractivity contribution in [2.45, 2.75) is 522 Å². The van der Waals surface area contributed by atoms with Crippen LogP contribution in [0.5, 0.6) is 0 Å². The van der Waals surface area contributed by atoms with E-state index in [4.69, 9.17) is 28.4 Å². The number of aliphatic hydroxyl groups excluding tert-OH is 1. The van der Waals surface area contributed by atoms with Crippen LogP contribution in [0.25, 0.3) is 0 Å². The maximum Gasteiger partial charge on any atom is 0.306 e. The smallest absolute Gasteiger partial charge is 0.306 e. The second-order valence-electron chi connectivity index (χ2n) is 35.2. The molecule has 0 aliphatic carbocycles. The number of ether oxygens (including phenoxy) is 6. The number of unbranched alkanes of at least 4 members (excludes halogenated alkanes) is 50. The van der Waals surface area contributed by atoms with Crippen LogP contribution >= 0.6 is 0 Å². The van der Waals surface area contributed by atoms with Crippen LogP contribution in [0.1, 0.15) is 510 Å². The predicted octanol–water partition coefficient (Wildman–Crippen LogP) is 27.5. The van der Waals surface area contributed by atoms with Crippen molar-refractivity contribution in [3.63, 3.8) is 0 Å². The second kappa shape index (κ2) is 93.4. The van der Waals surface area contributed by atoms with Gasteiger partial charge in [-0.05, 0) is 187 Å². The molecule has 0 radical (unpaired) electrons. The lowest BCUT2D eigenvalue weighted by atomic mass is 10.0. The minimum absolute atomic E-state index is 0.0263. The third kappa shape index (κ3) is 86.0. The molecule has 0 rings (SSSR count). The van der Waals surface area contributed by atoms with Gasteiger partial charge in [0, 0.05) is 64.8 Å². The van der Waals surface area contributed by atoms with Crippen molar-refractivity contribution in [1.82, 2.24) is 14.7 Å². The van der Waals surface area contributed by atoms with Crippen LogP contribution in [0.3, 0.4) is 0 Å². The fourth-order valence-electron chi connectivity index (χ4n) is 16.0. The highest BCUT2D eigenvalue weighted by Gasteiger charge is 2.19. The number of hydrogen-bond acceptors (Lipinski definition) is 16. The molecule has 0 aromatic heterocycles. The van der Waals surface area contributed by atoms with Crippen LogP contribution < -0.4 is 0 Å². The molecule has 0 aromatic rings. The largest absolute Gasteiger partial charge is 0.466 e.